The van der Waals surface area contributed by atoms with E-state index in [1.54, 1.807) is 6.08 Å². The van der Waals surface area contributed by atoms with Gasteiger partial charge in [0.25, 0.3) is 0 Å². The molecule has 0 spiro atoms. The Bertz CT molecular complexity index is 519. The van der Waals surface area contributed by atoms with Gasteiger partial charge in [0.1, 0.15) is 11.9 Å². The highest BCUT2D eigenvalue weighted by atomic mass is 16.4. The van der Waals surface area contributed by atoms with E-state index in [2.05, 4.69) is 0 Å². The SMILES string of the molecule is O=C(O)CCCC(=O)CC(O)C(=O)C=Cc1ccccc1. The third-order valence-corrected chi connectivity index (χ3v) is 2.84. The molecule has 0 heterocycles. The number of aliphatic carboxylic acids is 1. The first-order valence-electron chi connectivity index (χ1n) is 6.67. The summed E-state index contributed by atoms with van der Waals surface area (Å²) in [7, 11) is 0. The molecule has 0 fully saturated rings. The largest absolute Gasteiger partial charge is 0.481 e. The van der Waals surface area contributed by atoms with Crippen molar-refractivity contribution in [3.63, 3.8) is 0 Å². The number of aliphatic hydroxyl groups is 1. The molecule has 0 aliphatic carbocycles. The number of rotatable bonds is 9. The van der Waals surface area contributed by atoms with Gasteiger partial charge in [0.15, 0.2) is 5.78 Å². The summed E-state index contributed by atoms with van der Waals surface area (Å²) in [5.41, 5.74) is 0.825. The van der Waals surface area contributed by atoms with Gasteiger partial charge >= 0.3 is 5.97 Å². The lowest BCUT2D eigenvalue weighted by molar-refractivity contribution is -0.137. The van der Waals surface area contributed by atoms with E-state index in [4.69, 9.17) is 5.11 Å². The summed E-state index contributed by atoms with van der Waals surface area (Å²) in [6.07, 6.45) is 1.34. The van der Waals surface area contributed by atoms with Crippen LogP contribution >= 0.6 is 0 Å². The monoisotopic (exact) mass is 290 g/mol. The first kappa shape index (κ1) is 16.8. The van der Waals surface area contributed by atoms with Gasteiger partial charge in [-0.25, -0.2) is 0 Å². The van der Waals surface area contributed by atoms with Gasteiger partial charge in [-0.2, -0.15) is 0 Å². The van der Waals surface area contributed by atoms with E-state index >= 15 is 0 Å². The number of Topliss-reactive ketones (excluding diaryl/α,β-unsaturated/α-hetero) is 1. The number of aliphatic hydroxyl groups excluding tert-OH is 1. The third-order valence-electron chi connectivity index (χ3n) is 2.84. The van der Waals surface area contributed by atoms with E-state index in [9.17, 15) is 19.5 Å². The number of benzene rings is 1. The zero-order valence-electron chi connectivity index (χ0n) is 11.6. The summed E-state index contributed by atoms with van der Waals surface area (Å²) in [4.78, 5) is 33.4. The smallest absolute Gasteiger partial charge is 0.303 e. The molecule has 2 N–H and O–H groups in total. The van der Waals surface area contributed by atoms with Crippen LogP contribution in [0.1, 0.15) is 31.2 Å². The Morgan fingerprint density at radius 3 is 2.38 bits per heavy atom. The predicted octanol–water partition coefficient (Wildman–Crippen LogP) is 1.84. The molecule has 0 amide bonds. The molecule has 1 atom stereocenters. The molecule has 0 aliphatic rings. The van der Waals surface area contributed by atoms with E-state index in [1.807, 2.05) is 30.3 Å². The highest BCUT2D eigenvalue weighted by Crippen LogP contribution is 2.06. The molecule has 1 unspecified atom stereocenters. The van der Waals surface area contributed by atoms with Crippen LogP contribution in [0.15, 0.2) is 36.4 Å². The van der Waals surface area contributed by atoms with Gasteiger partial charge in [0.2, 0.25) is 0 Å². The minimum absolute atomic E-state index is 0.0546. The molecular weight excluding hydrogens is 272 g/mol. The quantitative estimate of drug-likeness (QED) is 0.677. The summed E-state index contributed by atoms with van der Waals surface area (Å²) in [6.45, 7) is 0. The molecule has 1 aromatic carbocycles. The molecule has 0 saturated carbocycles. The van der Waals surface area contributed by atoms with Gasteiger partial charge in [0, 0.05) is 19.3 Å². The molecule has 0 bridgehead atoms. The highest BCUT2D eigenvalue weighted by Gasteiger charge is 2.16. The van der Waals surface area contributed by atoms with Gasteiger partial charge in [-0.1, -0.05) is 36.4 Å². The van der Waals surface area contributed by atoms with Crippen molar-refractivity contribution < 1.29 is 24.6 Å². The summed E-state index contributed by atoms with van der Waals surface area (Å²) in [6, 6.07) is 9.13. The number of carboxylic acids is 1. The van der Waals surface area contributed by atoms with Crippen molar-refractivity contribution in [2.45, 2.75) is 31.8 Å². The van der Waals surface area contributed by atoms with Crippen LogP contribution in [0.3, 0.4) is 0 Å². The molecular formula is C16H18O5. The van der Waals surface area contributed by atoms with Crippen molar-refractivity contribution in [1.82, 2.24) is 0 Å². The number of ketones is 2. The minimum atomic E-state index is -1.37. The van der Waals surface area contributed by atoms with Crippen molar-refractivity contribution in [2.24, 2.45) is 0 Å². The molecule has 5 nitrogen and oxygen atoms in total. The molecule has 5 heteroatoms. The second-order valence-corrected chi connectivity index (χ2v) is 4.65. The van der Waals surface area contributed by atoms with E-state index in [0.29, 0.717) is 0 Å². The number of hydrogen-bond acceptors (Lipinski definition) is 4. The molecule has 112 valence electrons. The fraction of sp³-hybridized carbons (Fsp3) is 0.312. The maximum atomic E-state index is 11.7. The first-order chi connectivity index (χ1) is 9.99. The lowest BCUT2D eigenvalue weighted by Gasteiger charge is -2.05. The summed E-state index contributed by atoms with van der Waals surface area (Å²) >= 11 is 0. The fourth-order valence-corrected chi connectivity index (χ4v) is 1.71. The minimum Gasteiger partial charge on any atom is -0.481 e. The van der Waals surface area contributed by atoms with Crippen molar-refractivity contribution in [3.8, 4) is 0 Å². The first-order valence-corrected chi connectivity index (χ1v) is 6.67. The van der Waals surface area contributed by atoms with Crippen LogP contribution in [-0.4, -0.2) is 33.9 Å². The predicted molar refractivity (Wildman–Crippen MR) is 77.6 cm³/mol. The van der Waals surface area contributed by atoms with E-state index in [0.717, 1.165) is 5.56 Å². The summed E-state index contributed by atoms with van der Waals surface area (Å²) < 4.78 is 0. The lowest BCUT2D eigenvalue weighted by Crippen LogP contribution is -2.22. The molecule has 0 aromatic heterocycles. The Kier molecular flexibility index (Phi) is 7.04. The Hall–Kier alpha value is -2.27. The van der Waals surface area contributed by atoms with Crippen molar-refractivity contribution >= 4 is 23.6 Å². The maximum Gasteiger partial charge on any atom is 0.303 e. The Labute approximate surface area is 122 Å². The van der Waals surface area contributed by atoms with Crippen LogP contribution < -0.4 is 0 Å². The van der Waals surface area contributed by atoms with Gasteiger partial charge in [0.05, 0.1) is 0 Å². The van der Waals surface area contributed by atoms with Crippen LogP contribution in [0.4, 0.5) is 0 Å². The van der Waals surface area contributed by atoms with Crippen molar-refractivity contribution in [3.05, 3.63) is 42.0 Å². The van der Waals surface area contributed by atoms with Crippen molar-refractivity contribution in [1.29, 1.82) is 0 Å². The van der Waals surface area contributed by atoms with Crippen LogP contribution in [-0.2, 0) is 14.4 Å². The average molecular weight is 290 g/mol. The van der Waals surface area contributed by atoms with Crippen LogP contribution in [0.2, 0.25) is 0 Å². The normalized spacial score (nSPS) is 12.2. The zero-order valence-corrected chi connectivity index (χ0v) is 11.6. The Morgan fingerprint density at radius 2 is 1.76 bits per heavy atom. The van der Waals surface area contributed by atoms with Gasteiger partial charge < -0.3 is 10.2 Å². The van der Waals surface area contributed by atoms with Gasteiger partial charge in [-0.3, -0.25) is 14.4 Å². The molecule has 1 rings (SSSR count). The number of carbonyl (C=O) groups is 3. The van der Waals surface area contributed by atoms with Gasteiger partial charge in [-0.05, 0) is 18.1 Å². The molecule has 0 saturated heterocycles. The van der Waals surface area contributed by atoms with Crippen LogP contribution in [0.5, 0.6) is 0 Å². The molecule has 0 radical (unpaired) electrons. The topological polar surface area (TPSA) is 91.7 Å². The maximum absolute atomic E-state index is 11.7. The second kappa shape index (κ2) is 8.81. The van der Waals surface area contributed by atoms with E-state index in [-0.39, 0.29) is 31.5 Å². The Morgan fingerprint density at radius 1 is 1.10 bits per heavy atom. The number of hydrogen-bond donors (Lipinski definition) is 2. The van der Waals surface area contributed by atoms with Crippen molar-refractivity contribution in [2.75, 3.05) is 0 Å². The fourth-order valence-electron chi connectivity index (χ4n) is 1.71. The second-order valence-electron chi connectivity index (χ2n) is 4.65. The third kappa shape index (κ3) is 7.17. The summed E-state index contributed by atoms with van der Waals surface area (Å²) in [5.74, 6) is -1.82. The molecule has 0 aliphatic heterocycles. The number of carbonyl (C=O) groups excluding carboxylic acids is 2. The lowest BCUT2D eigenvalue weighted by atomic mass is 10.0. The molecule has 21 heavy (non-hydrogen) atoms. The Balaban J connectivity index is 2.38. The highest BCUT2D eigenvalue weighted by molar-refractivity contribution is 5.99. The van der Waals surface area contributed by atoms with Gasteiger partial charge in [-0.15, -0.1) is 0 Å². The van der Waals surface area contributed by atoms with E-state index in [1.165, 1.54) is 6.08 Å². The van der Waals surface area contributed by atoms with Crippen LogP contribution in [0.25, 0.3) is 6.08 Å². The van der Waals surface area contributed by atoms with Crippen LogP contribution in [0, 0.1) is 0 Å². The zero-order chi connectivity index (χ0) is 15.7. The van der Waals surface area contributed by atoms with E-state index < -0.39 is 17.9 Å². The molecule has 1 aromatic rings. The summed E-state index contributed by atoms with van der Waals surface area (Å²) in [5, 5.41) is 18.1. The standard InChI is InChI=1S/C16H18O5/c17-13(7-4-8-16(20)21)11-15(19)14(18)10-9-12-5-2-1-3-6-12/h1-3,5-6,9-10,15,19H,4,7-8,11H2,(H,20,21). The number of carboxylic acid groups (broad SMARTS) is 1. The average Bonchev–Trinajstić information content (AvgIpc) is 2.45.